The molecular formula is C33H28N4O5S. The number of benzene rings is 3. The maximum Gasteiger partial charge on any atom is 0.240 e. The van der Waals surface area contributed by atoms with Crippen LogP contribution >= 0.6 is 11.8 Å². The quantitative estimate of drug-likeness (QED) is 0.261. The number of carbonyl (C=O) groups excluding carboxylic acids is 2. The van der Waals surface area contributed by atoms with Crippen LogP contribution in [0.1, 0.15) is 27.7 Å². The molecule has 0 saturated carbocycles. The van der Waals surface area contributed by atoms with Gasteiger partial charge in [0.2, 0.25) is 18.6 Å². The van der Waals surface area contributed by atoms with Gasteiger partial charge in [-0.05, 0) is 48.9 Å². The molecule has 4 heterocycles. The highest BCUT2D eigenvalue weighted by molar-refractivity contribution is 8.00. The summed E-state index contributed by atoms with van der Waals surface area (Å²) in [6.07, 6.45) is 1.56. The van der Waals surface area contributed by atoms with Crippen LogP contribution in [0, 0.1) is 6.92 Å². The van der Waals surface area contributed by atoms with Crippen molar-refractivity contribution >= 4 is 29.4 Å². The van der Waals surface area contributed by atoms with Crippen LogP contribution in [0.5, 0.6) is 11.5 Å². The smallest absolute Gasteiger partial charge is 0.240 e. The highest BCUT2D eigenvalue weighted by atomic mass is 32.2. The van der Waals surface area contributed by atoms with Crippen molar-refractivity contribution in [1.82, 2.24) is 15.1 Å². The number of aryl methyl sites for hydroxylation is 1. The van der Waals surface area contributed by atoms with Crippen molar-refractivity contribution in [1.29, 1.82) is 0 Å². The first-order chi connectivity index (χ1) is 21.0. The molecule has 9 nitrogen and oxygen atoms in total. The second-order valence-electron chi connectivity index (χ2n) is 10.3. The second kappa shape index (κ2) is 11.4. The summed E-state index contributed by atoms with van der Waals surface area (Å²) >= 11 is 1.51. The van der Waals surface area contributed by atoms with Crippen LogP contribution in [0.2, 0.25) is 0 Å². The van der Waals surface area contributed by atoms with Gasteiger partial charge in [-0.25, -0.2) is 4.68 Å². The number of amides is 2. The topological polar surface area (TPSA) is 98.8 Å². The zero-order valence-electron chi connectivity index (χ0n) is 23.4. The van der Waals surface area contributed by atoms with Crippen LogP contribution in [-0.2, 0) is 16.1 Å². The lowest BCUT2D eigenvalue weighted by molar-refractivity contribution is -0.123. The number of hydrogen-bond donors (Lipinski definition) is 1. The fourth-order valence-electron chi connectivity index (χ4n) is 5.33. The summed E-state index contributed by atoms with van der Waals surface area (Å²) in [5, 5.41) is 7.75. The van der Waals surface area contributed by atoms with Crippen molar-refractivity contribution in [2.45, 2.75) is 18.7 Å². The molecule has 10 heteroatoms. The van der Waals surface area contributed by atoms with Crippen LogP contribution in [0.15, 0.2) is 95.6 Å². The number of ether oxygens (including phenoxy) is 2. The zero-order valence-corrected chi connectivity index (χ0v) is 24.2. The third-order valence-electron chi connectivity index (χ3n) is 7.46. The SMILES string of the molecule is Cc1ccc(-n2nc(-c3ccccc3)c3c2N(CC(=O)NCc2ccco2)C(=O)CS[C@H]3c2ccc3c(c2)OCO3)cc1. The number of aromatic nitrogens is 2. The minimum absolute atomic E-state index is 0.168. The van der Waals surface area contributed by atoms with Gasteiger partial charge in [0.15, 0.2) is 11.5 Å². The highest BCUT2D eigenvalue weighted by Crippen LogP contribution is 2.50. The molecule has 0 radical (unpaired) electrons. The van der Waals surface area contributed by atoms with E-state index in [-0.39, 0.29) is 42.7 Å². The van der Waals surface area contributed by atoms with E-state index >= 15 is 0 Å². The summed E-state index contributed by atoms with van der Waals surface area (Å²) in [4.78, 5) is 28.8. The predicted octanol–water partition coefficient (Wildman–Crippen LogP) is 5.66. The van der Waals surface area contributed by atoms with Gasteiger partial charge in [0.1, 0.15) is 18.1 Å². The maximum absolute atomic E-state index is 13.9. The molecule has 0 saturated heterocycles. The molecule has 3 aromatic carbocycles. The summed E-state index contributed by atoms with van der Waals surface area (Å²) in [5.41, 5.74) is 5.33. The van der Waals surface area contributed by atoms with Crippen molar-refractivity contribution in [3.8, 4) is 28.4 Å². The van der Waals surface area contributed by atoms with Gasteiger partial charge in [0.05, 0.1) is 35.2 Å². The highest BCUT2D eigenvalue weighted by Gasteiger charge is 2.38. The van der Waals surface area contributed by atoms with E-state index in [2.05, 4.69) is 5.32 Å². The molecule has 1 atom stereocenters. The Morgan fingerprint density at radius 1 is 1.00 bits per heavy atom. The average molecular weight is 593 g/mol. The van der Waals surface area contributed by atoms with Crippen LogP contribution in [0.3, 0.4) is 0 Å². The number of hydrogen-bond acceptors (Lipinski definition) is 7. The third kappa shape index (κ3) is 5.25. The molecule has 1 N–H and O–H groups in total. The number of carbonyl (C=O) groups is 2. The Hall–Kier alpha value is -4.96. The standard InChI is InChI=1S/C33H28N4O5S/c1-21-9-12-24(13-10-21)37-33-30(31(35-37)22-6-3-2-4-7-22)32(23-11-14-26-27(16-23)42-20-41-26)43-19-29(39)36(33)18-28(38)34-17-25-8-5-15-40-25/h2-16,32H,17-20H2,1H3,(H,34,38)/t32-/m0/s1. The molecular weight excluding hydrogens is 564 g/mol. The lowest BCUT2D eigenvalue weighted by Crippen LogP contribution is -2.42. The van der Waals surface area contributed by atoms with E-state index in [0.29, 0.717) is 23.1 Å². The van der Waals surface area contributed by atoms with Gasteiger partial charge in [-0.1, -0.05) is 54.1 Å². The van der Waals surface area contributed by atoms with Crippen molar-refractivity contribution in [3.63, 3.8) is 0 Å². The number of furan rings is 1. The Morgan fingerprint density at radius 3 is 2.60 bits per heavy atom. The minimum Gasteiger partial charge on any atom is -0.467 e. The molecule has 5 aromatic rings. The minimum atomic E-state index is -0.305. The summed E-state index contributed by atoms with van der Waals surface area (Å²) in [6.45, 7) is 2.24. The number of fused-ring (bicyclic) bond motifs is 2. The van der Waals surface area contributed by atoms with Gasteiger partial charge in [-0.3, -0.25) is 14.5 Å². The Morgan fingerprint density at radius 2 is 1.81 bits per heavy atom. The van der Waals surface area contributed by atoms with E-state index in [1.54, 1.807) is 28.0 Å². The maximum atomic E-state index is 13.9. The number of thioether (sulfide) groups is 1. The lowest BCUT2D eigenvalue weighted by Gasteiger charge is -2.23. The van der Waals surface area contributed by atoms with Gasteiger partial charge in [0, 0.05) is 11.1 Å². The van der Waals surface area contributed by atoms with Crippen molar-refractivity contribution < 1.29 is 23.5 Å². The van der Waals surface area contributed by atoms with Gasteiger partial charge in [0.25, 0.3) is 0 Å². The molecule has 2 aliphatic rings. The molecule has 216 valence electrons. The monoisotopic (exact) mass is 592 g/mol. The number of rotatable bonds is 7. The van der Waals surface area contributed by atoms with Crippen molar-refractivity contribution in [3.05, 3.63) is 114 Å². The largest absolute Gasteiger partial charge is 0.467 e. The first-order valence-electron chi connectivity index (χ1n) is 13.9. The summed E-state index contributed by atoms with van der Waals surface area (Å²) < 4.78 is 18.4. The average Bonchev–Trinajstić information content (AvgIpc) is 3.79. The molecule has 0 aliphatic carbocycles. The normalized spacial score (nSPS) is 15.7. The molecule has 7 rings (SSSR count). The van der Waals surface area contributed by atoms with E-state index < -0.39 is 0 Å². The Balaban J connectivity index is 1.40. The van der Waals surface area contributed by atoms with E-state index in [1.807, 2.05) is 79.7 Å². The second-order valence-corrected chi connectivity index (χ2v) is 11.4. The Kier molecular flexibility index (Phi) is 7.12. The molecule has 43 heavy (non-hydrogen) atoms. The first-order valence-corrected chi connectivity index (χ1v) is 15.0. The van der Waals surface area contributed by atoms with Crippen LogP contribution in [-0.4, -0.2) is 40.7 Å². The first kappa shape index (κ1) is 26.9. The summed E-state index contributed by atoms with van der Waals surface area (Å²) in [5.74, 6) is 2.22. The number of nitrogens with one attached hydrogen (secondary N) is 1. The van der Waals surface area contributed by atoms with E-state index in [0.717, 1.165) is 33.6 Å². The summed E-state index contributed by atoms with van der Waals surface area (Å²) in [7, 11) is 0. The van der Waals surface area contributed by atoms with Crippen LogP contribution < -0.4 is 19.7 Å². The molecule has 2 amide bonds. The fraction of sp³-hybridized carbons (Fsp3) is 0.182. The van der Waals surface area contributed by atoms with Crippen molar-refractivity contribution in [2.75, 3.05) is 24.0 Å². The molecule has 2 aliphatic heterocycles. The Bertz CT molecular complexity index is 1780. The van der Waals surface area contributed by atoms with Crippen LogP contribution in [0.25, 0.3) is 16.9 Å². The van der Waals surface area contributed by atoms with Gasteiger partial charge >= 0.3 is 0 Å². The zero-order chi connectivity index (χ0) is 29.3. The number of nitrogens with zero attached hydrogens (tertiary/aromatic N) is 3. The van der Waals surface area contributed by atoms with Crippen molar-refractivity contribution in [2.24, 2.45) is 0 Å². The van der Waals surface area contributed by atoms with Gasteiger partial charge in [-0.2, -0.15) is 5.10 Å². The predicted molar refractivity (Wildman–Crippen MR) is 164 cm³/mol. The fourth-order valence-corrected chi connectivity index (χ4v) is 6.52. The van der Waals surface area contributed by atoms with Crippen LogP contribution in [0.4, 0.5) is 5.82 Å². The van der Waals surface area contributed by atoms with E-state index in [9.17, 15) is 9.59 Å². The molecule has 2 aromatic heterocycles. The summed E-state index contributed by atoms with van der Waals surface area (Å²) in [6, 6.07) is 27.3. The van der Waals surface area contributed by atoms with Gasteiger partial charge in [-0.15, -0.1) is 11.8 Å². The van der Waals surface area contributed by atoms with E-state index in [4.69, 9.17) is 19.0 Å². The molecule has 0 unspecified atom stereocenters. The van der Waals surface area contributed by atoms with E-state index in [1.165, 1.54) is 11.8 Å². The lowest BCUT2D eigenvalue weighted by atomic mass is 9.99. The molecule has 0 spiro atoms. The molecule has 0 fully saturated rings. The third-order valence-corrected chi connectivity index (χ3v) is 8.71. The molecule has 0 bridgehead atoms. The van der Waals surface area contributed by atoms with Gasteiger partial charge < -0.3 is 19.2 Å². The Labute approximate surface area is 252 Å². The number of anilines is 1.